The lowest BCUT2D eigenvalue weighted by Gasteiger charge is -2.33. The van der Waals surface area contributed by atoms with Crippen LogP contribution < -0.4 is 9.47 Å². The van der Waals surface area contributed by atoms with E-state index in [9.17, 15) is 19.8 Å². The van der Waals surface area contributed by atoms with Gasteiger partial charge in [0.1, 0.15) is 18.1 Å². The Balaban J connectivity index is 1.15. The Hall–Kier alpha value is -3.30. The summed E-state index contributed by atoms with van der Waals surface area (Å²) >= 11 is 0. The summed E-state index contributed by atoms with van der Waals surface area (Å²) in [5.41, 5.74) is 3.15. The average molecular weight is 524 g/mol. The normalized spacial score (nSPS) is 22.5. The van der Waals surface area contributed by atoms with Gasteiger partial charge in [-0.25, -0.2) is 4.79 Å². The van der Waals surface area contributed by atoms with Crippen molar-refractivity contribution in [2.24, 2.45) is 0 Å². The van der Waals surface area contributed by atoms with Crippen LogP contribution in [0.4, 0.5) is 4.79 Å². The van der Waals surface area contributed by atoms with E-state index in [-0.39, 0.29) is 24.6 Å². The number of carbonyl (C=O) groups excluding carboxylic acids is 1. The molecule has 2 N–H and O–H groups in total. The van der Waals surface area contributed by atoms with Crippen molar-refractivity contribution in [3.63, 3.8) is 0 Å². The van der Waals surface area contributed by atoms with Gasteiger partial charge in [-0.05, 0) is 55.4 Å². The van der Waals surface area contributed by atoms with Crippen molar-refractivity contribution in [1.82, 2.24) is 14.7 Å². The summed E-state index contributed by atoms with van der Waals surface area (Å²) in [6, 6.07) is 13.7. The fraction of sp³-hybridized carbons (Fsp3) is 0.517. The minimum atomic E-state index is -0.902. The molecule has 0 aromatic heterocycles. The Morgan fingerprint density at radius 2 is 1.87 bits per heavy atom. The van der Waals surface area contributed by atoms with Gasteiger partial charge in [0.15, 0.2) is 0 Å². The molecule has 1 saturated carbocycles. The molecule has 2 aromatic rings. The van der Waals surface area contributed by atoms with Gasteiger partial charge in [0.05, 0.1) is 24.3 Å². The maximum atomic E-state index is 13.3. The Labute approximate surface area is 223 Å². The molecule has 38 heavy (non-hydrogen) atoms. The van der Waals surface area contributed by atoms with E-state index in [4.69, 9.17) is 9.47 Å². The molecule has 1 unspecified atom stereocenters. The first kappa shape index (κ1) is 26.3. The second kappa shape index (κ2) is 11.6. The molecule has 1 aliphatic carbocycles. The van der Waals surface area contributed by atoms with E-state index in [1.54, 1.807) is 30.1 Å². The van der Waals surface area contributed by atoms with Crippen molar-refractivity contribution < 1.29 is 29.3 Å². The first-order chi connectivity index (χ1) is 18.4. The smallest absolute Gasteiger partial charge is 0.407 e. The summed E-state index contributed by atoms with van der Waals surface area (Å²) in [5, 5.41) is 20.0. The molecule has 1 fully saturated rings. The van der Waals surface area contributed by atoms with Gasteiger partial charge in [0.2, 0.25) is 0 Å². The van der Waals surface area contributed by atoms with Crippen LogP contribution in [0, 0.1) is 0 Å². The molecule has 0 saturated heterocycles. The first-order valence-electron chi connectivity index (χ1n) is 13.5. The van der Waals surface area contributed by atoms with Crippen LogP contribution in [-0.4, -0.2) is 95.0 Å². The zero-order valence-corrected chi connectivity index (χ0v) is 21.9. The van der Waals surface area contributed by atoms with Crippen LogP contribution in [0.1, 0.15) is 47.2 Å². The summed E-state index contributed by atoms with van der Waals surface area (Å²) in [5.74, 6) is 0.992. The Bertz CT molecular complexity index is 1150. The summed E-state index contributed by atoms with van der Waals surface area (Å²) < 4.78 is 12.1. The third kappa shape index (κ3) is 6.05. The number of ether oxygens (including phenoxy) is 2. The predicted molar refractivity (Wildman–Crippen MR) is 142 cm³/mol. The molecule has 3 aliphatic rings. The predicted octanol–water partition coefficient (Wildman–Crippen LogP) is 3.24. The van der Waals surface area contributed by atoms with Gasteiger partial charge in [-0.2, -0.15) is 0 Å². The highest BCUT2D eigenvalue weighted by Crippen LogP contribution is 2.31. The van der Waals surface area contributed by atoms with Gasteiger partial charge in [-0.1, -0.05) is 24.3 Å². The SMILES string of the molecule is CN(C(=O)O)C1CCC(Oc2ccc3c(c2)OCCN(CC(O)CN2CCc4ccccc4C2)C3=O)CC1. The van der Waals surface area contributed by atoms with Crippen molar-refractivity contribution in [2.45, 2.75) is 56.9 Å². The number of aliphatic hydroxyl groups excluding tert-OH is 1. The van der Waals surface area contributed by atoms with Gasteiger partial charge >= 0.3 is 6.09 Å². The zero-order chi connectivity index (χ0) is 26.6. The Kier molecular flexibility index (Phi) is 8.04. The third-order valence-electron chi connectivity index (χ3n) is 8.00. The number of carbonyl (C=O) groups is 2. The molecular formula is C29H37N3O6. The molecular weight excluding hydrogens is 486 g/mol. The highest BCUT2D eigenvalue weighted by Gasteiger charge is 2.29. The Morgan fingerprint density at radius 3 is 2.63 bits per heavy atom. The number of aliphatic hydroxyl groups is 1. The lowest BCUT2D eigenvalue weighted by molar-refractivity contribution is 0.0501. The van der Waals surface area contributed by atoms with Gasteiger partial charge < -0.3 is 29.5 Å². The second-order valence-electron chi connectivity index (χ2n) is 10.6. The van der Waals surface area contributed by atoms with Crippen LogP contribution in [0.15, 0.2) is 42.5 Å². The highest BCUT2D eigenvalue weighted by atomic mass is 16.5. The van der Waals surface area contributed by atoms with E-state index in [1.807, 2.05) is 6.07 Å². The van der Waals surface area contributed by atoms with E-state index in [2.05, 4.69) is 23.1 Å². The number of amides is 2. The number of carboxylic acid groups (broad SMARTS) is 1. The molecule has 204 valence electrons. The van der Waals surface area contributed by atoms with E-state index in [0.717, 1.165) is 45.2 Å². The average Bonchev–Trinajstić information content (AvgIpc) is 3.06. The van der Waals surface area contributed by atoms with Crippen LogP contribution >= 0.6 is 0 Å². The number of nitrogens with zero attached hydrogens (tertiary/aromatic N) is 3. The van der Waals surface area contributed by atoms with Gasteiger partial charge in [0.25, 0.3) is 5.91 Å². The Morgan fingerprint density at radius 1 is 1.11 bits per heavy atom. The minimum absolute atomic E-state index is 0.00127. The fourth-order valence-corrected chi connectivity index (χ4v) is 5.80. The first-order valence-corrected chi connectivity index (χ1v) is 13.5. The highest BCUT2D eigenvalue weighted by molar-refractivity contribution is 5.97. The fourth-order valence-electron chi connectivity index (χ4n) is 5.80. The summed E-state index contributed by atoms with van der Waals surface area (Å²) in [7, 11) is 1.62. The van der Waals surface area contributed by atoms with Crippen molar-refractivity contribution >= 4 is 12.0 Å². The van der Waals surface area contributed by atoms with Crippen LogP contribution in [-0.2, 0) is 13.0 Å². The van der Waals surface area contributed by atoms with Crippen molar-refractivity contribution in [1.29, 1.82) is 0 Å². The molecule has 2 heterocycles. The summed E-state index contributed by atoms with van der Waals surface area (Å²) in [4.78, 5) is 29.8. The molecule has 9 nitrogen and oxygen atoms in total. The van der Waals surface area contributed by atoms with E-state index in [1.165, 1.54) is 16.0 Å². The molecule has 9 heteroatoms. The van der Waals surface area contributed by atoms with Gasteiger partial charge in [-0.3, -0.25) is 9.69 Å². The molecule has 0 radical (unpaired) electrons. The maximum Gasteiger partial charge on any atom is 0.407 e. The molecule has 2 amide bonds. The van der Waals surface area contributed by atoms with Crippen LogP contribution in [0.2, 0.25) is 0 Å². The van der Waals surface area contributed by atoms with Gasteiger partial charge in [-0.15, -0.1) is 0 Å². The number of hydrogen-bond donors (Lipinski definition) is 2. The lowest BCUT2D eigenvalue weighted by Crippen LogP contribution is -2.44. The van der Waals surface area contributed by atoms with Gasteiger partial charge in [0, 0.05) is 45.3 Å². The van der Waals surface area contributed by atoms with E-state index >= 15 is 0 Å². The second-order valence-corrected chi connectivity index (χ2v) is 10.6. The zero-order valence-electron chi connectivity index (χ0n) is 21.9. The molecule has 0 spiro atoms. The van der Waals surface area contributed by atoms with Crippen molar-refractivity contribution in [3.05, 3.63) is 59.2 Å². The number of rotatable bonds is 7. The third-order valence-corrected chi connectivity index (χ3v) is 8.00. The van der Waals surface area contributed by atoms with Crippen molar-refractivity contribution in [3.8, 4) is 11.5 Å². The van der Waals surface area contributed by atoms with E-state index in [0.29, 0.717) is 36.8 Å². The maximum absolute atomic E-state index is 13.3. The molecule has 1 atom stereocenters. The molecule has 5 rings (SSSR count). The molecule has 2 aromatic carbocycles. The summed E-state index contributed by atoms with van der Waals surface area (Å²) in [6.07, 6.45) is 2.48. The van der Waals surface area contributed by atoms with Crippen LogP contribution in [0.25, 0.3) is 0 Å². The number of benzene rings is 2. The van der Waals surface area contributed by atoms with Crippen LogP contribution in [0.5, 0.6) is 11.5 Å². The largest absolute Gasteiger partial charge is 0.491 e. The number of fused-ring (bicyclic) bond motifs is 2. The van der Waals surface area contributed by atoms with E-state index < -0.39 is 12.2 Å². The monoisotopic (exact) mass is 523 g/mol. The standard InChI is InChI=1S/C29H37N3O6/c1-30(29(35)36)22-6-8-24(9-7-22)38-25-10-11-26-27(16-25)37-15-14-32(28(26)34)19-23(33)18-31-13-12-20-4-2-3-5-21(20)17-31/h2-5,10-11,16,22-24,33H,6-9,12-15,17-19H2,1H3,(H,35,36). The number of hydrogen-bond acceptors (Lipinski definition) is 6. The topological polar surface area (TPSA) is 103 Å². The quantitative estimate of drug-likeness (QED) is 0.574. The summed E-state index contributed by atoms with van der Waals surface area (Å²) in [6.45, 7) is 3.24. The molecule has 2 aliphatic heterocycles. The van der Waals surface area contributed by atoms with Crippen molar-refractivity contribution in [2.75, 3.05) is 39.8 Å². The molecule has 0 bridgehead atoms. The van der Waals surface area contributed by atoms with Crippen LogP contribution in [0.3, 0.4) is 0 Å². The number of β-amino-alcohol motifs (C(OH)–C–C–N with tert-alkyl or cyclic N) is 1. The minimum Gasteiger partial charge on any atom is -0.491 e. The lowest BCUT2D eigenvalue weighted by atomic mass is 9.92.